The molecule has 15 heavy (non-hydrogen) atoms. The van der Waals surface area contributed by atoms with Crippen molar-refractivity contribution in [1.29, 1.82) is 0 Å². The number of ether oxygens (including phenoxy) is 1. The molecule has 1 saturated heterocycles. The van der Waals surface area contributed by atoms with Gasteiger partial charge in [-0.05, 0) is 31.1 Å². The van der Waals surface area contributed by atoms with Crippen LogP contribution in [-0.4, -0.2) is 25.3 Å². The molecule has 0 aromatic rings. The molecule has 1 aliphatic rings. The highest BCUT2D eigenvalue weighted by atomic mass is 16.5. The topological polar surface area (TPSA) is 21.3 Å². The van der Waals surface area contributed by atoms with Crippen LogP contribution in [0.4, 0.5) is 0 Å². The van der Waals surface area contributed by atoms with Crippen molar-refractivity contribution < 1.29 is 4.74 Å². The molecular formula is C13H27NO. The van der Waals surface area contributed by atoms with Gasteiger partial charge in [-0.2, -0.15) is 0 Å². The van der Waals surface area contributed by atoms with E-state index >= 15 is 0 Å². The molecule has 2 atom stereocenters. The van der Waals surface area contributed by atoms with Crippen LogP contribution in [0.1, 0.15) is 47.5 Å². The fourth-order valence-corrected chi connectivity index (χ4v) is 1.79. The fraction of sp³-hybridized carbons (Fsp3) is 1.00. The Balaban J connectivity index is 2.30. The Morgan fingerprint density at radius 2 is 2.07 bits per heavy atom. The van der Waals surface area contributed by atoms with Crippen LogP contribution in [0, 0.1) is 11.3 Å². The van der Waals surface area contributed by atoms with Gasteiger partial charge in [-0.1, -0.05) is 27.7 Å². The van der Waals surface area contributed by atoms with Gasteiger partial charge in [-0.3, -0.25) is 0 Å². The minimum absolute atomic E-state index is 0.390. The number of rotatable bonds is 4. The van der Waals surface area contributed by atoms with E-state index < -0.39 is 0 Å². The predicted molar refractivity (Wildman–Crippen MR) is 65.1 cm³/mol. The van der Waals surface area contributed by atoms with Crippen LogP contribution in [0.2, 0.25) is 0 Å². The van der Waals surface area contributed by atoms with E-state index in [1.165, 1.54) is 6.42 Å². The van der Waals surface area contributed by atoms with Crippen molar-refractivity contribution in [3.63, 3.8) is 0 Å². The van der Waals surface area contributed by atoms with E-state index in [2.05, 4.69) is 39.9 Å². The molecule has 1 heterocycles. The van der Waals surface area contributed by atoms with Crippen molar-refractivity contribution in [3.05, 3.63) is 0 Å². The van der Waals surface area contributed by atoms with Crippen LogP contribution in [0.3, 0.4) is 0 Å². The lowest BCUT2D eigenvalue weighted by Crippen LogP contribution is -2.43. The first-order chi connectivity index (χ1) is 6.92. The van der Waals surface area contributed by atoms with Gasteiger partial charge in [0.25, 0.3) is 0 Å². The van der Waals surface area contributed by atoms with Crippen molar-refractivity contribution in [1.82, 2.24) is 5.32 Å². The van der Waals surface area contributed by atoms with Crippen molar-refractivity contribution in [3.8, 4) is 0 Å². The normalized spacial score (nSPS) is 28.4. The zero-order valence-electron chi connectivity index (χ0n) is 11.0. The number of hydrogen-bond acceptors (Lipinski definition) is 2. The van der Waals surface area contributed by atoms with E-state index in [0.29, 0.717) is 17.6 Å². The van der Waals surface area contributed by atoms with Crippen LogP contribution in [0.15, 0.2) is 0 Å². The van der Waals surface area contributed by atoms with Crippen molar-refractivity contribution in [2.24, 2.45) is 11.3 Å². The molecule has 1 fully saturated rings. The third-order valence-electron chi connectivity index (χ3n) is 3.89. The van der Waals surface area contributed by atoms with E-state index in [-0.39, 0.29) is 0 Å². The highest BCUT2D eigenvalue weighted by Crippen LogP contribution is 2.25. The lowest BCUT2D eigenvalue weighted by atomic mass is 9.81. The second kappa shape index (κ2) is 5.31. The monoisotopic (exact) mass is 213 g/mol. The third-order valence-corrected chi connectivity index (χ3v) is 3.89. The molecular weight excluding hydrogens is 186 g/mol. The van der Waals surface area contributed by atoms with Crippen LogP contribution < -0.4 is 5.32 Å². The van der Waals surface area contributed by atoms with Crippen molar-refractivity contribution in [2.75, 3.05) is 13.2 Å². The van der Waals surface area contributed by atoms with Gasteiger partial charge in [0.05, 0.1) is 6.10 Å². The molecule has 2 nitrogen and oxygen atoms in total. The zero-order chi connectivity index (χ0) is 11.5. The van der Waals surface area contributed by atoms with Crippen molar-refractivity contribution in [2.45, 2.75) is 59.6 Å². The van der Waals surface area contributed by atoms with Crippen LogP contribution >= 0.6 is 0 Å². The largest absolute Gasteiger partial charge is 0.378 e. The molecule has 1 aliphatic heterocycles. The second-order valence-corrected chi connectivity index (χ2v) is 5.93. The Kier molecular flexibility index (Phi) is 4.60. The first-order valence-electron chi connectivity index (χ1n) is 6.27. The number of hydrogen-bond donors (Lipinski definition) is 1. The molecule has 1 N–H and O–H groups in total. The Morgan fingerprint density at radius 3 is 2.60 bits per heavy atom. The summed E-state index contributed by atoms with van der Waals surface area (Å²) in [6.07, 6.45) is 2.76. The molecule has 0 saturated carbocycles. The standard InChI is InChI=1S/C13H27NO/c1-10(2)13(4,5)9-14-12-6-7-15-11(3)8-12/h10-12,14H,6-9H2,1-5H3. The first kappa shape index (κ1) is 13.0. The third kappa shape index (κ3) is 4.12. The fourth-order valence-electron chi connectivity index (χ4n) is 1.79. The molecule has 0 bridgehead atoms. The van der Waals surface area contributed by atoms with Gasteiger partial charge >= 0.3 is 0 Å². The summed E-state index contributed by atoms with van der Waals surface area (Å²) in [5, 5.41) is 3.69. The molecule has 0 radical (unpaired) electrons. The van der Waals surface area contributed by atoms with E-state index in [9.17, 15) is 0 Å². The van der Waals surface area contributed by atoms with Gasteiger partial charge < -0.3 is 10.1 Å². The molecule has 0 aliphatic carbocycles. The van der Waals surface area contributed by atoms with E-state index in [1.807, 2.05) is 0 Å². The molecule has 1 rings (SSSR count). The van der Waals surface area contributed by atoms with Crippen LogP contribution in [0.5, 0.6) is 0 Å². The summed E-state index contributed by atoms with van der Waals surface area (Å²) >= 11 is 0. The summed E-state index contributed by atoms with van der Waals surface area (Å²) in [5.41, 5.74) is 0.390. The molecule has 0 aromatic carbocycles. The average molecular weight is 213 g/mol. The maximum absolute atomic E-state index is 5.55. The van der Waals surface area contributed by atoms with Gasteiger partial charge in [0.1, 0.15) is 0 Å². The predicted octanol–water partition coefficient (Wildman–Crippen LogP) is 2.83. The Hall–Kier alpha value is -0.0800. The van der Waals surface area contributed by atoms with Crippen molar-refractivity contribution >= 4 is 0 Å². The Morgan fingerprint density at radius 1 is 1.40 bits per heavy atom. The summed E-state index contributed by atoms with van der Waals surface area (Å²) < 4.78 is 5.55. The maximum Gasteiger partial charge on any atom is 0.0561 e. The lowest BCUT2D eigenvalue weighted by molar-refractivity contribution is 0.0109. The number of nitrogens with one attached hydrogen (secondary N) is 1. The summed E-state index contributed by atoms with van der Waals surface area (Å²) in [7, 11) is 0. The highest BCUT2D eigenvalue weighted by Gasteiger charge is 2.25. The quantitative estimate of drug-likeness (QED) is 0.775. The van der Waals surface area contributed by atoms with Crippen LogP contribution in [-0.2, 0) is 4.74 Å². The van der Waals surface area contributed by atoms with Gasteiger partial charge in [0.2, 0.25) is 0 Å². The molecule has 2 unspecified atom stereocenters. The summed E-state index contributed by atoms with van der Waals surface area (Å²) in [6, 6.07) is 0.659. The zero-order valence-corrected chi connectivity index (χ0v) is 11.0. The smallest absolute Gasteiger partial charge is 0.0561 e. The van der Waals surface area contributed by atoms with E-state index in [4.69, 9.17) is 4.74 Å². The van der Waals surface area contributed by atoms with Gasteiger partial charge in [-0.25, -0.2) is 0 Å². The summed E-state index contributed by atoms with van der Waals surface area (Å²) in [4.78, 5) is 0. The van der Waals surface area contributed by atoms with E-state index in [1.54, 1.807) is 0 Å². The Labute approximate surface area is 94.8 Å². The molecule has 2 heteroatoms. The molecule has 0 amide bonds. The van der Waals surface area contributed by atoms with Gasteiger partial charge in [0, 0.05) is 19.2 Å². The minimum atomic E-state index is 0.390. The molecule has 90 valence electrons. The van der Waals surface area contributed by atoms with Gasteiger partial charge in [-0.15, -0.1) is 0 Å². The highest BCUT2D eigenvalue weighted by molar-refractivity contribution is 4.80. The van der Waals surface area contributed by atoms with Gasteiger partial charge in [0.15, 0.2) is 0 Å². The second-order valence-electron chi connectivity index (χ2n) is 5.93. The first-order valence-corrected chi connectivity index (χ1v) is 6.27. The molecule has 0 aromatic heterocycles. The Bertz CT molecular complexity index is 189. The SMILES string of the molecule is CC1CC(NCC(C)(C)C(C)C)CCO1. The van der Waals surface area contributed by atoms with Crippen LogP contribution in [0.25, 0.3) is 0 Å². The summed E-state index contributed by atoms with van der Waals surface area (Å²) in [5.74, 6) is 0.724. The lowest BCUT2D eigenvalue weighted by Gasteiger charge is -2.34. The average Bonchev–Trinajstić information content (AvgIpc) is 2.15. The summed E-state index contributed by atoms with van der Waals surface area (Å²) in [6.45, 7) is 13.5. The van der Waals surface area contributed by atoms with E-state index in [0.717, 1.165) is 25.5 Å². The minimum Gasteiger partial charge on any atom is -0.378 e. The molecule has 0 spiro atoms. The maximum atomic E-state index is 5.55.